The second-order valence-corrected chi connectivity index (χ2v) is 10.4. The van der Waals surface area contributed by atoms with Gasteiger partial charge in [-0.15, -0.1) is 0 Å². The second kappa shape index (κ2) is 10.9. The van der Waals surface area contributed by atoms with Gasteiger partial charge < -0.3 is 14.9 Å². The van der Waals surface area contributed by atoms with Crippen molar-refractivity contribution < 1.29 is 32.9 Å². The minimum absolute atomic E-state index is 0.0830. The summed E-state index contributed by atoms with van der Waals surface area (Å²) in [4.78, 5) is 18.4. The molecule has 202 valence electrons. The first-order valence-electron chi connectivity index (χ1n) is 13.0. The summed E-state index contributed by atoms with van der Waals surface area (Å²) in [5.74, 6) is -3.10. The van der Waals surface area contributed by atoms with E-state index in [9.17, 15) is 28.2 Å². The van der Waals surface area contributed by atoms with Crippen LogP contribution in [0.5, 0.6) is 5.75 Å². The van der Waals surface area contributed by atoms with Crippen molar-refractivity contribution in [1.82, 2.24) is 9.88 Å². The fraction of sp³-hybridized carbons (Fsp3) is 0.448. The van der Waals surface area contributed by atoms with Crippen LogP contribution in [-0.4, -0.2) is 52.3 Å². The van der Waals surface area contributed by atoms with Crippen LogP contribution in [0.2, 0.25) is 0 Å². The Morgan fingerprint density at radius 3 is 2.58 bits per heavy atom. The number of nitrogens with zero attached hydrogens (tertiary/aromatic N) is 2. The Morgan fingerprint density at radius 2 is 1.89 bits per heavy atom. The van der Waals surface area contributed by atoms with Gasteiger partial charge in [-0.1, -0.05) is 6.07 Å². The highest BCUT2D eigenvalue weighted by Crippen LogP contribution is 2.44. The number of carboxylic acid groups (broad SMARTS) is 1. The maximum absolute atomic E-state index is 14.8. The van der Waals surface area contributed by atoms with Crippen molar-refractivity contribution in [1.29, 1.82) is 0 Å². The number of carboxylic acids is 1. The molecule has 2 aliphatic rings. The van der Waals surface area contributed by atoms with Crippen molar-refractivity contribution >= 4 is 16.9 Å². The molecule has 2 heterocycles. The van der Waals surface area contributed by atoms with Gasteiger partial charge in [0, 0.05) is 29.1 Å². The molecule has 1 saturated heterocycles. The van der Waals surface area contributed by atoms with Gasteiger partial charge in [0.1, 0.15) is 23.2 Å². The molecule has 2 N–H and O–H groups in total. The highest BCUT2D eigenvalue weighted by Gasteiger charge is 2.42. The number of hydrogen-bond donors (Lipinski definition) is 2. The molecule has 3 atom stereocenters. The van der Waals surface area contributed by atoms with Crippen molar-refractivity contribution in [3.05, 3.63) is 71.2 Å². The summed E-state index contributed by atoms with van der Waals surface area (Å²) in [6.45, 7) is 1.02. The number of piperidine rings is 1. The average Bonchev–Trinajstić information content (AvgIpc) is 2.87. The van der Waals surface area contributed by atoms with Crippen molar-refractivity contribution in [2.45, 2.75) is 50.2 Å². The lowest BCUT2D eigenvalue weighted by molar-refractivity contribution is -0.147. The van der Waals surface area contributed by atoms with Gasteiger partial charge in [-0.2, -0.15) is 0 Å². The molecule has 1 aliphatic heterocycles. The van der Waals surface area contributed by atoms with Crippen LogP contribution >= 0.6 is 0 Å². The van der Waals surface area contributed by atoms with E-state index in [1.807, 2.05) is 0 Å². The molecule has 0 bridgehead atoms. The van der Waals surface area contributed by atoms with Gasteiger partial charge in [-0.3, -0.25) is 14.7 Å². The molecule has 2 aromatic carbocycles. The zero-order valence-corrected chi connectivity index (χ0v) is 21.1. The molecule has 6 nitrogen and oxygen atoms in total. The largest absolute Gasteiger partial charge is 0.497 e. The maximum Gasteiger partial charge on any atom is 0.308 e. The highest BCUT2D eigenvalue weighted by molar-refractivity contribution is 5.84. The van der Waals surface area contributed by atoms with Crippen LogP contribution in [0.4, 0.5) is 13.2 Å². The first-order chi connectivity index (χ1) is 18.3. The average molecular weight is 529 g/mol. The summed E-state index contributed by atoms with van der Waals surface area (Å²) in [7, 11) is 1.50. The predicted octanol–water partition coefficient (Wildman–Crippen LogP) is 5.44. The molecule has 1 aromatic heterocycles. The number of fused-ring (bicyclic) bond motifs is 1. The van der Waals surface area contributed by atoms with Crippen LogP contribution in [0, 0.1) is 29.3 Å². The lowest BCUT2D eigenvalue weighted by atomic mass is 9.72. The number of aliphatic hydroxyl groups excluding tert-OH is 1. The number of likely N-dealkylation sites (tertiary alicyclic amines) is 1. The Balaban J connectivity index is 1.22. The third kappa shape index (κ3) is 5.09. The molecule has 3 aromatic rings. The van der Waals surface area contributed by atoms with E-state index in [0.29, 0.717) is 55.4 Å². The molecule has 0 radical (unpaired) electrons. The Bertz CT molecular complexity index is 1310. The fourth-order valence-electron chi connectivity index (χ4n) is 6.15. The first kappa shape index (κ1) is 26.4. The summed E-state index contributed by atoms with van der Waals surface area (Å²) in [6.07, 6.45) is 2.39. The maximum atomic E-state index is 14.8. The van der Waals surface area contributed by atoms with E-state index in [0.717, 1.165) is 6.20 Å². The van der Waals surface area contributed by atoms with Gasteiger partial charge >= 0.3 is 5.97 Å². The Labute approximate surface area is 219 Å². The number of pyridine rings is 1. The molecule has 0 spiro atoms. The van der Waals surface area contributed by atoms with E-state index in [1.165, 1.54) is 25.3 Å². The number of methoxy groups -OCH3 is 1. The molecule has 1 aliphatic carbocycles. The summed E-state index contributed by atoms with van der Waals surface area (Å²) in [5.41, 5.74) is 0.794. The summed E-state index contributed by atoms with van der Waals surface area (Å²) in [6, 6.07) is 9.02. The van der Waals surface area contributed by atoms with Gasteiger partial charge in [-0.25, -0.2) is 13.2 Å². The van der Waals surface area contributed by atoms with Crippen molar-refractivity contribution in [2.24, 2.45) is 11.8 Å². The Hall–Kier alpha value is -3.17. The lowest BCUT2D eigenvalue weighted by Crippen LogP contribution is -2.52. The van der Waals surface area contributed by atoms with Crippen molar-refractivity contribution in [2.75, 3.05) is 20.2 Å². The molecular formula is C29H31F3N2O4. The molecule has 1 saturated carbocycles. The predicted molar refractivity (Wildman–Crippen MR) is 135 cm³/mol. The van der Waals surface area contributed by atoms with E-state index in [4.69, 9.17) is 4.74 Å². The number of hydrogen-bond acceptors (Lipinski definition) is 5. The van der Waals surface area contributed by atoms with Crippen LogP contribution in [-0.2, 0) is 4.79 Å². The van der Waals surface area contributed by atoms with Crippen molar-refractivity contribution in [3.8, 4) is 5.75 Å². The van der Waals surface area contributed by atoms with Crippen LogP contribution in [0.15, 0.2) is 42.6 Å². The van der Waals surface area contributed by atoms with Gasteiger partial charge in [0.05, 0.1) is 30.8 Å². The first-order valence-corrected chi connectivity index (χ1v) is 13.0. The zero-order chi connectivity index (χ0) is 27.0. The smallest absolute Gasteiger partial charge is 0.308 e. The molecule has 9 heteroatoms. The van der Waals surface area contributed by atoms with Gasteiger partial charge in [0.15, 0.2) is 0 Å². The SMILES string of the molecule is COc1ccc2ncc(F)c(C(O)CC[C@@H]3CCN(C4CC(c5c(F)cccc5F)C4)C[C@@H]3C(=O)O)c2c1. The van der Waals surface area contributed by atoms with Crippen LogP contribution in [0.25, 0.3) is 10.9 Å². The van der Waals surface area contributed by atoms with E-state index in [2.05, 4.69) is 9.88 Å². The quantitative estimate of drug-likeness (QED) is 0.405. The van der Waals surface area contributed by atoms with Crippen molar-refractivity contribution in [3.63, 3.8) is 0 Å². The summed E-state index contributed by atoms with van der Waals surface area (Å²) < 4.78 is 48.3. The van der Waals surface area contributed by atoms with E-state index < -0.39 is 35.4 Å². The molecule has 38 heavy (non-hydrogen) atoms. The van der Waals surface area contributed by atoms with E-state index in [1.54, 1.807) is 18.2 Å². The third-order valence-electron chi connectivity index (χ3n) is 8.35. The molecule has 0 amide bonds. The normalized spacial score (nSPS) is 24.7. The van der Waals surface area contributed by atoms with Gasteiger partial charge in [0.25, 0.3) is 0 Å². The van der Waals surface area contributed by atoms with E-state index >= 15 is 0 Å². The summed E-state index contributed by atoms with van der Waals surface area (Å²) in [5, 5.41) is 21.4. The molecule has 1 unspecified atom stereocenters. The Kier molecular flexibility index (Phi) is 7.59. The zero-order valence-electron chi connectivity index (χ0n) is 21.1. The van der Waals surface area contributed by atoms with Crippen LogP contribution in [0.3, 0.4) is 0 Å². The number of aliphatic hydroxyl groups is 1. The third-order valence-corrected chi connectivity index (χ3v) is 8.35. The highest BCUT2D eigenvalue weighted by atomic mass is 19.1. The number of halogens is 3. The number of benzene rings is 2. The topological polar surface area (TPSA) is 82.9 Å². The number of ether oxygens (including phenoxy) is 1. The number of rotatable bonds is 8. The van der Waals surface area contributed by atoms with Crippen LogP contribution in [0.1, 0.15) is 55.3 Å². The standard InChI is InChI=1S/C29H31F3N2O4/c1-38-19-6-7-25-20(13-19)28(24(32)14-33-25)26(35)8-5-16-9-10-34(15-21(16)29(36)37)18-11-17(12-18)27-22(30)3-2-4-23(27)31/h2-4,6-7,13-14,16-18,21,26,35H,5,8-12,15H2,1H3,(H,36,37)/t16-,17?,18?,21+,26?/m1/s1. The minimum atomic E-state index is -1.12. The minimum Gasteiger partial charge on any atom is -0.497 e. The summed E-state index contributed by atoms with van der Waals surface area (Å²) >= 11 is 0. The van der Waals surface area contributed by atoms with Gasteiger partial charge in [0.2, 0.25) is 0 Å². The number of aromatic nitrogens is 1. The monoisotopic (exact) mass is 528 g/mol. The molecule has 2 fully saturated rings. The molecule has 5 rings (SSSR count). The van der Waals surface area contributed by atoms with E-state index in [-0.39, 0.29) is 35.4 Å². The van der Waals surface area contributed by atoms with Gasteiger partial charge in [-0.05, 0) is 80.8 Å². The van der Waals surface area contributed by atoms with Crippen LogP contribution < -0.4 is 4.74 Å². The second-order valence-electron chi connectivity index (χ2n) is 10.4. The number of aliphatic carboxylic acids is 1. The fourth-order valence-corrected chi connectivity index (χ4v) is 6.15. The lowest BCUT2D eigenvalue weighted by Gasteiger charge is -2.47. The number of carbonyl (C=O) groups is 1. The molecular weight excluding hydrogens is 497 g/mol. The Morgan fingerprint density at radius 1 is 1.16 bits per heavy atom.